The van der Waals surface area contributed by atoms with Crippen molar-refractivity contribution in [2.24, 2.45) is 0 Å². The van der Waals surface area contributed by atoms with E-state index in [9.17, 15) is 13.4 Å². The minimum atomic E-state index is -1.34. The van der Waals surface area contributed by atoms with Crippen molar-refractivity contribution in [3.63, 3.8) is 0 Å². The number of nitrogens with one attached hydrogen (secondary N) is 1. The summed E-state index contributed by atoms with van der Waals surface area (Å²) in [5, 5.41) is 3.14. The predicted molar refractivity (Wildman–Crippen MR) is 78.5 cm³/mol. The third-order valence-electron chi connectivity index (χ3n) is 3.34. The van der Waals surface area contributed by atoms with Crippen LogP contribution in [0.25, 0.3) is 0 Å². The number of carbonyl (C=O) groups excluding carboxylic acids is 1. The van der Waals surface area contributed by atoms with Crippen LogP contribution in [-0.2, 0) is 21.3 Å². The van der Waals surface area contributed by atoms with E-state index in [-0.39, 0.29) is 28.5 Å². The van der Waals surface area contributed by atoms with Gasteiger partial charge < -0.3 is 5.32 Å². The molecule has 20 heavy (non-hydrogen) atoms. The minimum Gasteiger partial charge on any atom is -0.353 e. The van der Waals surface area contributed by atoms with E-state index in [0.717, 1.165) is 25.7 Å². The van der Waals surface area contributed by atoms with Gasteiger partial charge in [0.15, 0.2) is 0 Å². The maximum atomic E-state index is 12.9. The van der Waals surface area contributed by atoms with E-state index < -0.39 is 16.6 Å². The Morgan fingerprint density at radius 3 is 2.75 bits per heavy atom. The van der Waals surface area contributed by atoms with Crippen molar-refractivity contribution < 1.29 is 13.4 Å². The topological polar surface area (TPSA) is 46.2 Å². The average Bonchev–Trinajstić information content (AvgIpc) is 2.85. The zero-order chi connectivity index (χ0) is 14.5. The van der Waals surface area contributed by atoms with Gasteiger partial charge in [0, 0.05) is 21.9 Å². The van der Waals surface area contributed by atoms with Gasteiger partial charge in [0.05, 0.1) is 5.75 Å². The van der Waals surface area contributed by atoms with Crippen molar-refractivity contribution in [3.8, 4) is 0 Å². The zero-order valence-electron chi connectivity index (χ0n) is 11.0. The molecule has 1 N–H and O–H groups in total. The number of carbonyl (C=O) groups is 1. The van der Waals surface area contributed by atoms with Gasteiger partial charge in [-0.2, -0.15) is 0 Å². The lowest BCUT2D eigenvalue weighted by atomic mass is 10.2. The zero-order valence-corrected chi connectivity index (χ0v) is 12.6. The summed E-state index contributed by atoms with van der Waals surface area (Å²) in [6, 6.07) is 4.20. The molecule has 0 radical (unpaired) electrons. The molecule has 1 amide bonds. The van der Waals surface area contributed by atoms with E-state index in [2.05, 4.69) is 5.32 Å². The van der Waals surface area contributed by atoms with Crippen LogP contribution in [0.15, 0.2) is 18.2 Å². The molecular formula is C14H17ClFNO2S. The summed E-state index contributed by atoms with van der Waals surface area (Å²) >= 11 is 5.87. The van der Waals surface area contributed by atoms with E-state index in [0.29, 0.717) is 5.56 Å². The quantitative estimate of drug-likeness (QED) is 0.907. The van der Waals surface area contributed by atoms with Crippen molar-refractivity contribution in [2.45, 2.75) is 37.5 Å². The predicted octanol–water partition coefficient (Wildman–Crippen LogP) is 2.79. The van der Waals surface area contributed by atoms with Crippen LogP contribution in [0.2, 0.25) is 5.02 Å². The van der Waals surface area contributed by atoms with Gasteiger partial charge in [-0.15, -0.1) is 0 Å². The van der Waals surface area contributed by atoms with Gasteiger partial charge in [0.2, 0.25) is 5.91 Å². The van der Waals surface area contributed by atoms with Crippen LogP contribution in [0.4, 0.5) is 4.39 Å². The molecule has 110 valence electrons. The van der Waals surface area contributed by atoms with Crippen LogP contribution in [0.5, 0.6) is 0 Å². The number of rotatable bonds is 5. The van der Waals surface area contributed by atoms with Crippen molar-refractivity contribution in [3.05, 3.63) is 34.6 Å². The summed E-state index contributed by atoms with van der Waals surface area (Å²) < 4.78 is 24.8. The molecule has 6 heteroatoms. The van der Waals surface area contributed by atoms with E-state index in [1.807, 2.05) is 0 Å². The van der Waals surface area contributed by atoms with Crippen LogP contribution in [-0.4, -0.2) is 21.9 Å². The van der Waals surface area contributed by atoms with Gasteiger partial charge in [0.25, 0.3) is 0 Å². The Labute approximate surface area is 125 Å². The molecule has 0 bridgehead atoms. The Kier molecular flexibility index (Phi) is 5.54. The van der Waals surface area contributed by atoms with Gasteiger partial charge in [-0.25, -0.2) is 4.39 Å². The first kappa shape index (κ1) is 15.4. The molecule has 1 aliphatic rings. The fraction of sp³-hybridized carbons (Fsp3) is 0.500. The third-order valence-corrected chi connectivity index (χ3v) is 4.91. The molecule has 2 rings (SSSR count). The molecule has 1 aromatic carbocycles. The molecule has 0 saturated heterocycles. The first-order valence-electron chi connectivity index (χ1n) is 6.63. The number of amides is 1. The molecule has 0 aliphatic heterocycles. The molecular weight excluding hydrogens is 301 g/mol. The molecule has 1 saturated carbocycles. The smallest absolute Gasteiger partial charge is 0.232 e. The van der Waals surface area contributed by atoms with Gasteiger partial charge in [-0.05, 0) is 30.5 Å². The van der Waals surface area contributed by atoms with E-state index in [4.69, 9.17) is 11.6 Å². The maximum Gasteiger partial charge on any atom is 0.232 e. The Morgan fingerprint density at radius 2 is 2.10 bits per heavy atom. The first-order chi connectivity index (χ1) is 9.54. The highest BCUT2D eigenvalue weighted by atomic mass is 35.5. The van der Waals surface area contributed by atoms with E-state index in [1.54, 1.807) is 0 Å². The lowest BCUT2D eigenvalue weighted by Gasteiger charge is -2.11. The summed E-state index contributed by atoms with van der Waals surface area (Å²) in [6.45, 7) is 0. The maximum absolute atomic E-state index is 12.9. The molecule has 1 fully saturated rings. The monoisotopic (exact) mass is 317 g/mol. The number of benzene rings is 1. The van der Waals surface area contributed by atoms with Crippen LogP contribution in [0, 0.1) is 5.82 Å². The second kappa shape index (κ2) is 7.18. The normalized spacial score (nSPS) is 17.1. The summed E-state index contributed by atoms with van der Waals surface area (Å²) in [6.07, 6.45) is 4.28. The van der Waals surface area contributed by atoms with Crippen molar-refractivity contribution in [2.75, 3.05) is 5.75 Å². The summed E-state index contributed by atoms with van der Waals surface area (Å²) in [4.78, 5) is 11.7. The molecule has 3 nitrogen and oxygen atoms in total. The second-order valence-electron chi connectivity index (χ2n) is 5.01. The van der Waals surface area contributed by atoms with Gasteiger partial charge >= 0.3 is 0 Å². The number of hydrogen-bond donors (Lipinski definition) is 1. The lowest BCUT2D eigenvalue weighted by Crippen LogP contribution is -2.35. The SMILES string of the molecule is O=C(C[S@](=O)Cc1ccc(F)cc1Cl)NC1CCCC1. The highest BCUT2D eigenvalue weighted by Gasteiger charge is 2.18. The molecule has 1 atom stereocenters. The molecule has 0 spiro atoms. The van der Waals surface area contributed by atoms with E-state index in [1.165, 1.54) is 18.2 Å². The van der Waals surface area contributed by atoms with Crippen LogP contribution in [0.3, 0.4) is 0 Å². The number of halogens is 2. The Balaban J connectivity index is 1.83. The average molecular weight is 318 g/mol. The van der Waals surface area contributed by atoms with Gasteiger partial charge in [-0.1, -0.05) is 30.5 Å². The third kappa shape index (κ3) is 4.56. The van der Waals surface area contributed by atoms with Crippen LogP contribution in [0.1, 0.15) is 31.2 Å². The Morgan fingerprint density at radius 1 is 1.40 bits per heavy atom. The van der Waals surface area contributed by atoms with Gasteiger partial charge in [0.1, 0.15) is 11.6 Å². The largest absolute Gasteiger partial charge is 0.353 e. The lowest BCUT2D eigenvalue weighted by molar-refractivity contribution is -0.119. The first-order valence-corrected chi connectivity index (χ1v) is 8.49. The van der Waals surface area contributed by atoms with Crippen LogP contribution >= 0.6 is 11.6 Å². The van der Waals surface area contributed by atoms with E-state index >= 15 is 0 Å². The summed E-state index contributed by atoms with van der Waals surface area (Å²) in [7, 11) is -1.34. The fourth-order valence-corrected chi connectivity index (χ4v) is 3.74. The Hall–Kier alpha value is -0.940. The van der Waals surface area contributed by atoms with Gasteiger partial charge in [-0.3, -0.25) is 9.00 Å². The number of hydrogen-bond acceptors (Lipinski definition) is 2. The van der Waals surface area contributed by atoms with Crippen molar-refractivity contribution in [1.29, 1.82) is 0 Å². The van der Waals surface area contributed by atoms with Crippen molar-refractivity contribution in [1.82, 2.24) is 5.32 Å². The van der Waals surface area contributed by atoms with Crippen molar-refractivity contribution >= 4 is 28.3 Å². The highest BCUT2D eigenvalue weighted by molar-refractivity contribution is 7.84. The second-order valence-corrected chi connectivity index (χ2v) is 6.88. The molecule has 0 heterocycles. The van der Waals surface area contributed by atoms with Crippen LogP contribution < -0.4 is 5.32 Å². The highest BCUT2D eigenvalue weighted by Crippen LogP contribution is 2.19. The molecule has 0 aromatic heterocycles. The summed E-state index contributed by atoms with van der Waals surface area (Å²) in [5.41, 5.74) is 0.597. The molecule has 0 unspecified atom stereocenters. The Bertz CT molecular complexity index is 518. The minimum absolute atomic E-state index is 0.0375. The molecule has 1 aliphatic carbocycles. The standard InChI is InChI=1S/C14H17ClFNO2S/c15-13-7-11(16)6-5-10(13)8-20(19)9-14(18)17-12-3-1-2-4-12/h5-7,12H,1-4,8-9H2,(H,17,18)/t20-/m1/s1. The molecule has 1 aromatic rings. The fourth-order valence-electron chi connectivity index (χ4n) is 2.35. The summed E-state index contributed by atoms with van der Waals surface area (Å²) in [5.74, 6) is -0.488.